The summed E-state index contributed by atoms with van der Waals surface area (Å²) in [7, 11) is 0. The molecule has 0 aliphatic heterocycles. The largest absolute Gasteiger partial charge is 0.388 e. The van der Waals surface area contributed by atoms with Crippen LogP contribution in [0.25, 0.3) is 0 Å². The lowest BCUT2D eigenvalue weighted by molar-refractivity contribution is -0.0225. The second-order valence-corrected chi connectivity index (χ2v) is 8.13. The summed E-state index contributed by atoms with van der Waals surface area (Å²) in [5.74, 6) is 4.72. The van der Waals surface area contributed by atoms with Gasteiger partial charge in [0.15, 0.2) is 0 Å². The average Bonchev–Trinajstić information content (AvgIpc) is 2.26. The predicted octanol–water partition coefficient (Wildman–Crippen LogP) is 2.51. The molecule has 2 nitrogen and oxygen atoms in total. The maximum absolute atomic E-state index is 10.3. The molecule has 0 heterocycles. The van der Waals surface area contributed by atoms with Crippen LogP contribution in [0.4, 0.5) is 0 Å². The zero-order valence-corrected chi connectivity index (χ0v) is 12.5. The Kier molecular flexibility index (Phi) is 3.68. The van der Waals surface area contributed by atoms with Gasteiger partial charge >= 0.3 is 0 Å². The van der Waals surface area contributed by atoms with Crippen LogP contribution in [0.3, 0.4) is 0 Å². The van der Waals surface area contributed by atoms with Crippen LogP contribution >= 0.6 is 11.8 Å². The summed E-state index contributed by atoms with van der Waals surface area (Å²) in [6.07, 6.45) is 9.40. The first-order valence-corrected chi connectivity index (χ1v) is 8.91. The number of nitrogens with one attached hydrogen (secondary N) is 1. The van der Waals surface area contributed by atoms with Crippen molar-refractivity contribution in [1.29, 1.82) is 0 Å². The molecule has 0 aromatic rings. The second kappa shape index (κ2) is 4.99. The van der Waals surface area contributed by atoms with Gasteiger partial charge in [-0.3, -0.25) is 0 Å². The van der Waals surface area contributed by atoms with E-state index in [1.54, 1.807) is 11.8 Å². The Morgan fingerprint density at radius 2 is 1.67 bits per heavy atom. The Morgan fingerprint density at radius 3 is 2.17 bits per heavy atom. The van der Waals surface area contributed by atoms with Crippen LogP contribution in [0.2, 0.25) is 0 Å². The van der Waals surface area contributed by atoms with Crippen molar-refractivity contribution in [1.82, 2.24) is 5.32 Å². The molecule has 4 rings (SSSR count). The van der Waals surface area contributed by atoms with E-state index in [9.17, 15) is 5.11 Å². The van der Waals surface area contributed by atoms with E-state index in [1.807, 2.05) is 6.92 Å². The van der Waals surface area contributed by atoms with Gasteiger partial charge in [-0.25, -0.2) is 0 Å². The third-order valence-electron chi connectivity index (χ3n) is 5.40. The monoisotopic (exact) mass is 269 g/mol. The van der Waals surface area contributed by atoms with E-state index in [2.05, 4.69) is 11.6 Å². The Balaban J connectivity index is 1.57. The van der Waals surface area contributed by atoms with Crippen molar-refractivity contribution in [3.05, 3.63) is 0 Å². The Labute approximate surface area is 115 Å². The van der Waals surface area contributed by atoms with Gasteiger partial charge in [-0.15, -0.1) is 0 Å². The molecule has 0 radical (unpaired) electrons. The van der Waals surface area contributed by atoms with Crippen LogP contribution < -0.4 is 5.32 Å². The van der Waals surface area contributed by atoms with Gasteiger partial charge < -0.3 is 10.4 Å². The highest BCUT2D eigenvalue weighted by Crippen LogP contribution is 2.53. The number of hydrogen-bond acceptors (Lipinski definition) is 3. The van der Waals surface area contributed by atoms with Gasteiger partial charge in [0.2, 0.25) is 0 Å². The van der Waals surface area contributed by atoms with Crippen molar-refractivity contribution >= 4 is 11.8 Å². The standard InChI is InChI=1S/C15H27NOS/c1-15(17,9-18-2)8-16-14-12-4-10-3-11(6-12)7-13(14)5-10/h10-14,16-17H,3-9H2,1-2H3. The average molecular weight is 269 g/mol. The van der Waals surface area contributed by atoms with Crippen molar-refractivity contribution < 1.29 is 5.11 Å². The first kappa shape index (κ1) is 13.3. The zero-order chi connectivity index (χ0) is 12.8. The quantitative estimate of drug-likeness (QED) is 0.804. The molecule has 4 aliphatic carbocycles. The Morgan fingerprint density at radius 1 is 1.11 bits per heavy atom. The number of hydrogen-bond donors (Lipinski definition) is 2. The van der Waals surface area contributed by atoms with Gasteiger partial charge in [-0.1, -0.05) is 0 Å². The van der Waals surface area contributed by atoms with Gasteiger partial charge in [0.05, 0.1) is 5.60 Å². The number of thioether (sulfide) groups is 1. The molecule has 4 saturated carbocycles. The fraction of sp³-hybridized carbons (Fsp3) is 1.00. The molecule has 0 amide bonds. The van der Waals surface area contributed by atoms with Crippen molar-refractivity contribution in [2.24, 2.45) is 23.7 Å². The molecule has 3 heteroatoms. The van der Waals surface area contributed by atoms with Crippen LogP contribution in [0.5, 0.6) is 0 Å². The number of rotatable bonds is 5. The molecule has 0 spiro atoms. The van der Waals surface area contributed by atoms with E-state index in [1.165, 1.54) is 32.1 Å². The number of aliphatic hydroxyl groups is 1. The van der Waals surface area contributed by atoms with Gasteiger partial charge in [0.25, 0.3) is 0 Å². The van der Waals surface area contributed by atoms with Crippen LogP contribution in [-0.4, -0.2) is 35.3 Å². The Bertz CT molecular complexity index is 277. The SMILES string of the molecule is CSCC(C)(O)CNC1C2CC3CC(C2)CC1C3. The molecule has 4 aliphatic rings. The van der Waals surface area contributed by atoms with Crippen molar-refractivity contribution in [3.8, 4) is 0 Å². The van der Waals surface area contributed by atoms with Crippen molar-refractivity contribution in [2.45, 2.75) is 50.7 Å². The lowest BCUT2D eigenvalue weighted by Crippen LogP contribution is -2.57. The van der Waals surface area contributed by atoms with E-state index in [0.29, 0.717) is 6.04 Å². The van der Waals surface area contributed by atoms with Gasteiger partial charge in [0, 0.05) is 18.3 Å². The van der Waals surface area contributed by atoms with E-state index < -0.39 is 5.60 Å². The first-order valence-electron chi connectivity index (χ1n) is 7.52. The van der Waals surface area contributed by atoms with Crippen LogP contribution in [0, 0.1) is 23.7 Å². The molecule has 0 saturated heterocycles. The smallest absolute Gasteiger partial charge is 0.0833 e. The summed E-state index contributed by atoms with van der Waals surface area (Å²) in [4.78, 5) is 0. The van der Waals surface area contributed by atoms with Crippen LogP contribution in [0.1, 0.15) is 39.0 Å². The van der Waals surface area contributed by atoms with Crippen LogP contribution in [0.15, 0.2) is 0 Å². The van der Waals surface area contributed by atoms with Crippen molar-refractivity contribution in [2.75, 3.05) is 18.6 Å². The molecule has 1 unspecified atom stereocenters. The molecule has 104 valence electrons. The molecular formula is C15H27NOS. The molecule has 0 aromatic carbocycles. The summed E-state index contributed by atoms with van der Waals surface area (Å²) in [6.45, 7) is 2.73. The van der Waals surface area contributed by atoms with Gasteiger partial charge in [-0.05, 0) is 69.0 Å². The predicted molar refractivity (Wildman–Crippen MR) is 77.8 cm³/mol. The van der Waals surface area contributed by atoms with Gasteiger partial charge in [0.1, 0.15) is 0 Å². The van der Waals surface area contributed by atoms with E-state index >= 15 is 0 Å². The summed E-state index contributed by atoms with van der Waals surface area (Å²) < 4.78 is 0. The maximum Gasteiger partial charge on any atom is 0.0833 e. The lowest BCUT2D eigenvalue weighted by Gasteiger charge is -2.55. The van der Waals surface area contributed by atoms with E-state index in [-0.39, 0.29) is 0 Å². The van der Waals surface area contributed by atoms with E-state index in [4.69, 9.17) is 0 Å². The van der Waals surface area contributed by atoms with Crippen molar-refractivity contribution in [3.63, 3.8) is 0 Å². The fourth-order valence-electron chi connectivity index (χ4n) is 4.96. The third-order valence-corrected chi connectivity index (χ3v) is 6.31. The highest BCUT2D eigenvalue weighted by molar-refractivity contribution is 7.98. The minimum Gasteiger partial charge on any atom is -0.388 e. The third kappa shape index (κ3) is 2.59. The fourth-order valence-corrected chi connectivity index (χ4v) is 5.68. The summed E-state index contributed by atoms with van der Waals surface area (Å²) in [5, 5.41) is 14.0. The molecule has 4 fully saturated rings. The molecule has 4 bridgehead atoms. The van der Waals surface area contributed by atoms with E-state index in [0.717, 1.165) is 36.0 Å². The summed E-state index contributed by atoms with van der Waals surface area (Å²) in [6, 6.07) is 0.700. The Hall–Kier alpha value is 0.270. The van der Waals surface area contributed by atoms with Crippen LogP contribution in [-0.2, 0) is 0 Å². The second-order valence-electron chi connectivity index (χ2n) is 7.27. The summed E-state index contributed by atoms with van der Waals surface area (Å²) >= 11 is 1.73. The minimum atomic E-state index is -0.548. The van der Waals surface area contributed by atoms with Gasteiger partial charge in [-0.2, -0.15) is 11.8 Å². The molecule has 18 heavy (non-hydrogen) atoms. The highest BCUT2D eigenvalue weighted by atomic mass is 32.2. The zero-order valence-electron chi connectivity index (χ0n) is 11.7. The lowest BCUT2D eigenvalue weighted by atomic mass is 9.54. The minimum absolute atomic E-state index is 0.548. The molecule has 0 aromatic heterocycles. The maximum atomic E-state index is 10.3. The normalized spacial score (nSPS) is 45.2. The summed E-state index contributed by atoms with van der Waals surface area (Å²) in [5.41, 5.74) is -0.548. The molecular weight excluding hydrogens is 242 g/mol. The topological polar surface area (TPSA) is 32.3 Å². The first-order chi connectivity index (χ1) is 8.57. The highest BCUT2D eigenvalue weighted by Gasteiger charge is 2.48. The molecule has 1 atom stereocenters. The molecule has 2 N–H and O–H groups in total.